The summed E-state index contributed by atoms with van der Waals surface area (Å²) in [5.41, 5.74) is 2.46. The van der Waals surface area contributed by atoms with Crippen molar-refractivity contribution in [3.8, 4) is 0 Å². The van der Waals surface area contributed by atoms with Crippen molar-refractivity contribution in [3.63, 3.8) is 0 Å². The van der Waals surface area contributed by atoms with Gasteiger partial charge in [-0.05, 0) is 12.5 Å². The molecule has 0 aliphatic heterocycles. The molecule has 1 heterocycles. The number of aromatic amines is 1. The largest absolute Gasteiger partial charge is 0.278 e. The van der Waals surface area contributed by atoms with E-state index in [1.165, 1.54) is 11.1 Å². The first-order valence-electron chi connectivity index (χ1n) is 5.09. The van der Waals surface area contributed by atoms with Crippen LogP contribution in [0.4, 0.5) is 0 Å². The summed E-state index contributed by atoms with van der Waals surface area (Å²) < 4.78 is 0. The van der Waals surface area contributed by atoms with Gasteiger partial charge in [-0.25, -0.2) is 0 Å². The summed E-state index contributed by atoms with van der Waals surface area (Å²) in [6, 6.07) is 8.29. The van der Waals surface area contributed by atoms with Gasteiger partial charge in [0.15, 0.2) is 0 Å². The summed E-state index contributed by atoms with van der Waals surface area (Å²) >= 11 is 0. The van der Waals surface area contributed by atoms with Gasteiger partial charge >= 0.3 is 0 Å². The molecule has 1 aromatic heterocycles. The van der Waals surface area contributed by atoms with E-state index < -0.39 is 0 Å². The third kappa shape index (κ3) is 1.31. The molecule has 0 atom stereocenters. The van der Waals surface area contributed by atoms with Crippen LogP contribution in [0.3, 0.4) is 0 Å². The molecule has 1 aromatic carbocycles. The highest BCUT2D eigenvalue weighted by molar-refractivity contribution is 5.82. The Morgan fingerprint density at radius 2 is 2.00 bits per heavy atom. The van der Waals surface area contributed by atoms with Gasteiger partial charge in [0.2, 0.25) is 0 Å². The van der Waals surface area contributed by atoms with Crippen LogP contribution in [-0.4, -0.2) is 10.2 Å². The van der Waals surface area contributed by atoms with Gasteiger partial charge < -0.3 is 0 Å². The predicted octanol–water partition coefficient (Wildman–Crippen LogP) is 3.25. The second-order valence-electron chi connectivity index (χ2n) is 4.36. The quantitative estimate of drug-likeness (QED) is 0.770. The second-order valence-corrected chi connectivity index (χ2v) is 4.36. The molecule has 0 fully saturated rings. The number of rotatable bonds is 2. The Morgan fingerprint density at radius 3 is 2.71 bits per heavy atom. The van der Waals surface area contributed by atoms with Crippen LogP contribution in [-0.2, 0) is 5.41 Å². The maximum atomic E-state index is 4.41. The van der Waals surface area contributed by atoms with Crippen LogP contribution in [0.25, 0.3) is 10.9 Å². The van der Waals surface area contributed by atoms with Crippen LogP contribution in [0.15, 0.2) is 24.3 Å². The number of hydrogen-bond acceptors (Lipinski definition) is 1. The lowest BCUT2D eigenvalue weighted by molar-refractivity contribution is 0.493. The number of H-pyrrole nitrogens is 1. The third-order valence-electron chi connectivity index (χ3n) is 3.00. The first-order valence-corrected chi connectivity index (χ1v) is 5.09. The van der Waals surface area contributed by atoms with Crippen LogP contribution in [0.2, 0.25) is 0 Å². The van der Waals surface area contributed by atoms with E-state index in [-0.39, 0.29) is 5.41 Å². The molecule has 14 heavy (non-hydrogen) atoms. The Hall–Kier alpha value is -1.31. The average molecular weight is 188 g/mol. The average Bonchev–Trinajstić information content (AvgIpc) is 2.61. The number of hydrogen-bond donors (Lipinski definition) is 1. The van der Waals surface area contributed by atoms with Gasteiger partial charge in [0.25, 0.3) is 0 Å². The number of benzene rings is 1. The molecular formula is C12H16N2. The molecule has 2 aromatic rings. The van der Waals surface area contributed by atoms with Crippen molar-refractivity contribution < 1.29 is 0 Å². The molecule has 0 unspecified atom stereocenters. The van der Waals surface area contributed by atoms with Crippen molar-refractivity contribution in [2.45, 2.75) is 32.6 Å². The van der Waals surface area contributed by atoms with E-state index in [9.17, 15) is 0 Å². The minimum atomic E-state index is 0.152. The van der Waals surface area contributed by atoms with Gasteiger partial charge in [0, 0.05) is 10.8 Å². The molecule has 74 valence electrons. The van der Waals surface area contributed by atoms with Crippen molar-refractivity contribution in [1.29, 1.82) is 0 Å². The smallest absolute Gasteiger partial charge is 0.0756 e. The molecule has 2 heteroatoms. The predicted molar refractivity (Wildman–Crippen MR) is 59.4 cm³/mol. The summed E-state index contributed by atoms with van der Waals surface area (Å²) in [4.78, 5) is 0. The Bertz CT molecular complexity index is 440. The molecule has 0 aliphatic carbocycles. The molecule has 0 radical (unpaired) electrons. The van der Waals surface area contributed by atoms with E-state index >= 15 is 0 Å². The molecular weight excluding hydrogens is 172 g/mol. The van der Waals surface area contributed by atoms with Crippen molar-refractivity contribution >= 4 is 10.9 Å². The van der Waals surface area contributed by atoms with Crippen molar-refractivity contribution in [3.05, 3.63) is 30.0 Å². The lowest BCUT2D eigenvalue weighted by atomic mass is 9.85. The van der Waals surface area contributed by atoms with Crippen LogP contribution in [0.1, 0.15) is 32.9 Å². The maximum Gasteiger partial charge on any atom is 0.0756 e. The minimum Gasteiger partial charge on any atom is -0.278 e. The van der Waals surface area contributed by atoms with E-state index in [0.717, 1.165) is 11.9 Å². The molecule has 0 saturated heterocycles. The number of nitrogens with one attached hydrogen (secondary N) is 1. The lowest BCUT2D eigenvalue weighted by Crippen LogP contribution is -2.16. The summed E-state index contributed by atoms with van der Waals surface area (Å²) in [7, 11) is 0. The fourth-order valence-corrected chi connectivity index (χ4v) is 1.65. The van der Waals surface area contributed by atoms with Crippen LogP contribution in [0.5, 0.6) is 0 Å². The van der Waals surface area contributed by atoms with E-state index in [4.69, 9.17) is 0 Å². The van der Waals surface area contributed by atoms with Gasteiger partial charge in [0.05, 0.1) is 11.2 Å². The van der Waals surface area contributed by atoms with Gasteiger partial charge in [-0.2, -0.15) is 5.10 Å². The topological polar surface area (TPSA) is 28.7 Å². The number of nitrogens with zero attached hydrogens (tertiary/aromatic N) is 1. The first-order chi connectivity index (χ1) is 6.65. The zero-order chi connectivity index (χ0) is 10.2. The van der Waals surface area contributed by atoms with Crippen molar-refractivity contribution in [2.24, 2.45) is 0 Å². The van der Waals surface area contributed by atoms with Gasteiger partial charge in [-0.3, -0.25) is 5.10 Å². The fraction of sp³-hybridized carbons (Fsp3) is 0.417. The SMILES string of the molecule is CCC(C)(C)c1n[nH]c2ccccc12. The minimum absolute atomic E-state index is 0.152. The first kappa shape index (κ1) is 9.25. The Balaban J connectivity index is 2.64. The Labute approximate surface area is 84.3 Å². The number of para-hydroxylation sites is 1. The fourth-order valence-electron chi connectivity index (χ4n) is 1.65. The molecule has 0 saturated carbocycles. The molecule has 0 amide bonds. The third-order valence-corrected chi connectivity index (χ3v) is 3.00. The molecule has 0 spiro atoms. The maximum absolute atomic E-state index is 4.41. The second kappa shape index (κ2) is 3.12. The number of aromatic nitrogens is 2. The summed E-state index contributed by atoms with van der Waals surface area (Å²) in [5, 5.41) is 8.74. The summed E-state index contributed by atoms with van der Waals surface area (Å²) in [6.45, 7) is 6.66. The van der Waals surface area contributed by atoms with E-state index in [0.29, 0.717) is 0 Å². The van der Waals surface area contributed by atoms with E-state index in [2.05, 4.69) is 49.2 Å². The van der Waals surface area contributed by atoms with Crippen LogP contribution < -0.4 is 0 Å². The van der Waals surface area contributed by atoms with E-state index in [1.807, 2.05) is 6.07 Å². The Morgan fingerprint density at radius 1 is 1.29 bits per heavy atom. The zero-order valence-corrected chi connectivity index (χ0v) is 8.96. The van der Waals surface area contributed by atoms with Gasteiger partial charge in [0.1, 0.15) is 0 Å². The Kier molecular flexibility index (Phi) is 2.06. The summed E-state index contributed by atoms with van der Waals surface area (Å²) in [5.74, 6) is 0. The molecule has 2 nitrogen and oxygen atoms in total. The highest BCUT2D eigenvalue weighted by atomic mass is 15.1. The van der Waals surface area contributed by atoms with Gasteiger partial charge in [-0.15, -0.1) is 0 Å². The van der Waals surface area contributed by atoms with E-state index in [1.54, 1.807) is 0 Å². The van der Waals surface area contributed by atoms with Crippen molar-refractivity contribution in [1.82, 2.24) is 10.2 Å². The molecule has 0 bridgehead atoms. The lowest BCUT2D eigenvalue weighted by Gasteiger charge is -2.20. The molecule has 2 rings (SSSR count). The van der Waals surface area contributed by atoms with Crippen LogP contribution >= 0.6 is 0 Å². The monoisotopic (exact) mass is 188 g/mol. The zero-order valence-electron chi connectivity index (χ0n) is 8.96. The van der Waals surface area contributed by atoms with Crippen LogP contribution in [0, 0.1) is 0 Å². The molecule has 1 N–H and O–H groups in total. The summed E-state index contributed by atoms with van der Waals surface area (Å²) in [6.07, 6.45) is 1.10. The van der Waals surface area contributed by atoms with Crippen molar-refractivity contribution in [2.75, 3.05) is 0 Å². The standard InChI is InChI=1S/C12H16N2/c1-4-12(2,3)11-9-7-5-6-8-10(9)13-14-11/h5-8H,4H2,1-3H3,(H,13,14). The highest BCUT2D eigenvalue weighted by Crippen LogP contribution is 2.30. The normalized spacial score (nSPS) is 12.2. The number of fused-ring (bicyclic) bond motifs is 1. The highest BCUT2D eigenvalue weighted by Gasteiger charge is 2.23. The van der Waals surface area contributed by atoms with Gasteiger partial charge in [-0.1, -0.05) is 39.0 Å². The molecule has 0 aliphatic rings.